The first-order chi connectivity index (χ1) is 13.6. The summed E-state index contributed by atoms with van der Waals surface area (Å²) in [5, 5.41) is 12.9. The normalized spacial score (nSPS) is 10.7. The molecule has 0 spiro atoms. The molecule has 3 rings (SSSR count). The highest BCUT2D eigenvalue weighted by Gasteiger charge is 2.13. The number of anilines is 1. The number of rotatable bonds is 8. The molecule has 0 unspecified atom stereocenters. The Morgan fingerprint density at radius 3 is 2.57 bits per heavy atom. The Kier molecular flexibility index (Phi) is 6.67. The van der Waals surface area contributed by atoms with Crippen molar-refractivity contribution in [2.75, 3.05) is 18.2 Å². The number of benzene rings is 2. The van der Waals surface area contributed by atoms with Crippen LogP contribution < -0.4 is 10.1 Å². The van der Waals surface area contributed by atoms with E-state index in [0.29, 0.717) is 23.1 Å². The van der Waals surface area contributed by atoms with E-state index >= 15 is 0 Å². The number of carbonyl (C=O) groups is 1. The standard InChI is InChI=1S/C20H20FN3O3S/c1-27-18-8-2-14(3-9-18)11-24-17(12-25)10-22-20(24)28-13-19(26)23-16-6-4-15(21)5-7-16/h2-10,25H,11-13H2,1H3,(H,23,26). The summed E-state index contributed by atoms with van der Waals surface area (Å²) in [6.45, 7) is 0.368. The third-order valence-corrected chi connectivity index (χ3v) is 5.01. The first-order valence-corrected chi connectivity index (χ1v) is 9.54. The molecule has 0 bridgehead atoms. The van der Waals surface area contributed by atoms with Gasteiger partial charge in [0.2, 0.25) is 5.91 Å². The molecular formula is C20H20FN3O3S. The molecule has 1 aromatic heterocycles. The molecule has 8 heteroatoms. The molecule has 0 radical (unpaired) electrons. The Hall–Kier alpha value is -2.84. The van der Waals surface area contributed by atoms with Crippen molar-refractivity contribution >= 4 is 23.4 Å². The Morgan fingerprint density at radius 2 is 1.93 bits per heavy atom. The molecule has 0 aliphatic carbocycles. The van der Waals surface area contributed by atoms with E-state index in [4.69, 9.17) is 4.74 Å². The van der Waals surface area contributed by atoms with E-state index in [2.05, 4.69) is 10.3 Å². The van der Waals surface area contributed by atoms with Crippen LogP contribution in [0.4, 0.5) is 10.1 Å². The number of nitrogens with zero attached hydrogens (tertiary/aromatic N) is 2. The maximum atomic E-state index is 12.9. The van der Waals surface area contributed by atoms with Gasteiger partial charge in [0.25, 0.3) is 0 Å². The number of amides is 1. The lowest BCUT2D eigenvalue weighted by atomic mass is 10.2. The van der Waals surface area contributed by atoms with Crippen molar-refractivity contribution < 1.29 is 19.0 Å². The topological polar surface area (TPSA) is 76.4 Å². The van der Waals surface area contributed by atoms with E-state index in [-0.39, 0.29) is 24.1 Å². The maximum Gasteiger partial charge on any atom is 0.234 e. The predicted octanol–water partition coefficient (Wildman–Crippen LogP) is 3.30. The number of imidazole rings is 1. The number of aliphatic hydroxyl groups excluding tert-OH is 1. The van der Waals surface area contributed by atoms with E-state index in [9.17, 15) is 14.3 Å². The highest BCUT2D eigenvalue weighted by atomic mass is 32.2. The SMILES string of the molecule is COc1ccc(Cn2c(CO)cnc2SCC(=O)Nc2ccc(F)cc2)cc1. The highest BCUT2D eigenvalue weighted by molar-refractivity contribution is 7.99. The van der Waals surface area contributed by atoms with Gasteiger partial charge in [0.15, 0.2) is 5.16 Å². The summed E-state index contributed by atoms with van der Waals surface area (Å²) in [7, 11) is 1.61. The van der Waals surface area contributed by atoms with E-state index in [1.54, 1.807) is 13.3 Å². The van der Waals surface area contributed by atoms with Crippen LogP contribution in [0.3, 0.4) is 0 Å². The van der Waals surface area contributed by atoms with E-state index in [1.165, 1.54) is 36.0 Å². The first kappa shape index (κ1) is 19.9. The Balaban J connectivity index is 1.65. The van der Waals surface area contributed by atoms with Crippen molar-refractivity contribution in [1.29, 1.82) is 0 Å². The van der Waals surface area contributed by atoms with Crippen LogP contribution in [0.25, 0.3) is 0 Å². The van der Waals surface area contributed by atoms with Crippen LogP contribution in [-0.2, 0) is 17.9 Å². The molecule has 0 fully saturated rings. The molecule has 0 atom stereocenters. The number of carbonyl (C=O) groups excluding carboxylic acids is 1. The average molecular weight is 401 g/mol. The van der Waals surface area contributed by atoms with Crippen molar-refractivity contribution in [3.8, 4) is 5.75 Å². The smallest absolute Gasteiger partial charge is 0.234 e. The van der Waals surface area contributed by atoms with E-state index in [0.717, 1.165) is 11.3 Å². The lowest BCUT2D eigenvalue weighted by molar-refractivity contribution is -0.113. The van der Waals surface area contributed by atoms with Crippen LogP contribution in [0.1, 0.15) is 11.3 Å². The van der Waals surface area contributed by atoms with Gasteiger partial charge in [-0.2, -0.15) is 0 Å². The molecular weight excluding hydrogens is 381 g/mol. The molecule has 6 nitrogen and oxygen atoms in total. The minimum atomic E-state index is -0.357. The molecule has 146 valence electrons. The van der Waals surface area contributed by atoms with Gasteiger partial charge in [-0.3, -0.25) is 4.79 Å². The number of aliphatic hydroxyl groups is 1. The summed E-state index contributed by atoms with van der Waals surface area (Å²) in [5.74, 6) is 0.330. The molecule has 3 aromatic rings. The summed E-state index contributed by atoms with van der Waals surface area (Å²) in [6, 6.07) is 13.2. The van der Waals surface area contributed by atoms with Gasteiger partial charge < -0.3 is 19.7 Å². The van der Waals surface area contributed by atoms with Crippen LogP contribution in [0.15, 0.2) is 59.9 Å². The van der Waals surface area contributed by atoms with Gasteiger partial charge in [0.1, 0.15) is 11.6 Å². The second-order valence-electron chi connectivity index (χ2n) is 5.97. The molecule has 1 heterocycles. The Bertz CT molecular complexity index is 927. The van der Waals surface area contributed by atoms with Crippen molar-refractivity contribution in [2.45, 2.75) is 18.3 Å². The molecule has 2 aromatic carbocycles. The van der Waals surface area contributed by atoms with Crippen LogP contribution in [0.5, 0.6) is 5.75 Å². The number of halogens is 1. The average Bonchev–Trinajstić information content (AvgIpc) is 3.10. The Morgan fingerprint density at radius 1 is 1.21 bits per heavy atom. The number of hydrogen-bond acceptors (Lipinski definition) is 5. The molecule has 0 aliphatic rings. The number of hydrogen-bond donors (Lipinski definition) is 2. The number of thioether (sulfide) groups is 1. The minimum Gasteiger partial charge on any atom is -0.497 e. The number of ether oxygens (including phenoxy) is 1. The molecule has 1 amide bonds. The maximum absolute atomic E-state index is 12.9. The second kappa shape index (κ2) is 9.38. The van der Waals surface area contributed by atoms with Gasteiger partial charge in [-0.05, 0) is 42.0 Å². The van der Waals surface area contributed by atoms with Gasteiger partial charge in [-0.25, -0.2) is 9.37 Å². The van der Waals surface area contributed by atoms with E-state index < -0.39 is 0 Å². The monoisotopic (exact) mass is 401 g/mol. The van der Waals surface area contributed by atoms with Gasteiger partial charge in [-0.15, -0.1) is 0 Å². The van der Waals surface area contributed by atoms with Gasteiger partial charge in [0.05, 0.1) is 31.4 Å². The van der Waals surface area contributed by atoms with Crippen molar-refractivity contribution in [2.24, 2.45) is 0 Å². The number of aromatic nitrogens is 2. The predicted molar refractivity (Wildman–Crippen MR) is 106 cm³/mol. The lowest BCUT2D eigenvalue weighted by Crippen LogP contribution is -2.15. The van der Waals surface area contributed by atoms with E-state index in [1.807, 2.05) is 28.8 Å². The van der Waals surface area contributed by atoms with Crippen molar-refractivity contribution in [3.05, 3.63) is 71.8 Å². The second-order valence-corrected chi connectivity index (χ2v) is 6.91. The fourth-order valence-electron chi connectivity index (χ4n) is 2.58. The fraction of sp³-hybridized carbons (Fsp3) is 0.200. The highest BCUT2D eigenvalue weighted by Crippen LogP contribution is 2.22. The lowest BCUT2D eigenvalue weighted by Gasteiger charge is -2.11. The Labute approximate surface area is 166 Å². The molecule has 0 saturated carbocycles. The van der Waals surface area contributed by atoms with Gasteiger partial charge in [-0.1, -0.05) is 23.9 Å². The van der Waals surface area contributed by atoms with Crippen molar-refractivity contribution in [3.63, 3.8) is 0 Å². The van der Waals surface area contributed by atoms with Crippen LogP contribution in [0.2, 0.25) is 0 Å². The fourth-order valence-corrected chi connectivity index (χ4v) is 3.37. The summed E-state index contributed by atoms with van der Waals surface area (Å²) in [6.07, 6.45) is 1.60. The summed E-state index contributed by atoms with van der Waals surface area (Å²) in [4.78, 5) is 16.5. The van der Waals surface area contributed by atoms with Crippen LogP contribution in [-0.4, -0.2) is 33.4 Å². The first-order valence-electron chi connectivity index (χ1n) is 8.55. The van der Waals surface area contributed by atoms with Crippen LogP contribution in [0, 0.1) is 5.82 Å². The molecule has 0 saturated heterocycles. The minimum absolute atomic E-state index is 0.141. The zero-order valence-electron chi connectivity index (χ0n) is 15.3. The molecule has 28 heavy (non-hydrogen) atoms. The third-order valence-electron chi connectivity index (χ3n) is 4.02. The molecule has 0 aliphatic heterocycles. The zero-order valence-corrected chi connectivity index (χ0v) is 16.1. The largest absolute Gasteiger partial charge is 0.497 e. The van der Waals surface area contributed by atoms with Crippen LogP contribution >= 0.6 is 11.8 Å². The zero-order chi connectivity index (χ0) is 19.9. The molecule has 2 N–H and O–H groups in total. The summed E-state index contributed by atoms with van der Waals surface area (Å²) < 4.78 is 20.0. The quantitative estimate of drug-likeness (QED) is 0.567. The van der Waals surface area contributed by atoms with Crippen molar-refractivity contribution in [1.82, 2.24) is 9.55 Å². The summed E-state index contributed by atoms with van der Waals surface area (Å²) in [5.41, 5.74) is 2.22. The van der Waals surface area contributed by atoms with Gasteiger partial charge >= 0.3 is 0 Å². The third kappa shape index (κ3) is 5.11. The number of methoxy groups -OCH3 is 1. The summed E-state index contributed by atoms with van der Waals surface area (Å²) >= 11 is 1.27. The number of nitrogens with one attached hydrogen (secondary N) is 1. The van der Waals surface area contributed by atoms with Gasteiger partial charge in [0, 0.05) is 12.2 Å².